The average molecular weight is 421 g/mol. The number of likely N-dealkylation sites (N-methyl/N-ethyl adjacent to an activating group) is 1. The molecular weight excluding hydrogens is 396 g/mol. The van der Waals surface area contributed by atoms with Crippen molar-refractivity contribution in [3.8, 4) is 0 Å². The quantitative estimate of drug-likeness (QED) is 0.559. The van der Waals surface area contributed by atoms with Crippen molar-refractivity contribution in [3.63, 3.8) is 0 Å². The fourth-order valence-corrected chi connectivity index (χ4v) is 4.93. The summed E-state index contributed by atoms with van der Waals surface area (Å²) in [4.78, 5) is 24.7. The third kappa shape index (κ3) is 3.41. The Balaban J connectivity index is 1.69. The fraction of sp³-hybridized carbons (Fsp3) is 0.375. The van der Waals surface area contributed by atoms with Gasteiger partial charge in [-0.15, -0.1) is 0 Å². The van der Waals surface area contributed by atoms with Crippen LogP contribution in [0.3, 0.4) is 0 Å². The lowest BCUT2D eigenvalue weighted by atomic mass is 9.93. The molecular formula is C24H25ClN4O. The van der Waals surface area contributed by atoms with Crippen molar-refractivity contribution in [2.75, 3.05) is 18.5 Å². The number of anilines is 1. The van der Waals surface area contributed by atoms with Gasteiger partial charge >= 0.3 is 0 Å². The first-order valence-electron chi connectivity index (χ1n) is 10.7. The minimum absolute atomic E-state index is 0.0770. The number of hydrogen-bond acceptors (Lipinski definition) is 4. The van der Waals surface area contributed by atoms with E-state index in [-0.39, 0.29) is 11.6 Å². The van der Waals surface area contributed by atoms with Crippen LogP contribution in [0.5, 0.6) is 0 Å². The van der Waals surface area contributed by atoms with Gasteiger partial charge in [0.15, 0.2) is 0 Å². The number of aromatic nitrogens is 3. The summed E-state index contributed by atoms with van der Waals surface area (Å²) in [7, 11) is 2.06. The molecule has 1 aliphatic carbocycles. The maximum absolute atomic E-state index is 13.5. The average Bonchev–Trinajstić information content (AvgIpc) is 2.77. The summed E-state index contributed by atoms with van der Waals surface area (Å²) >= 11 is 5.96. The van der Waals surface area contributed by atoms with Crippen molar-refractivity contribution in [1.29, 1.82) is 0 Å². The van der Waals surface area contributed by atoms with Gasteiger partial charge in [0.05, 0.1) is 17.4 Å². The van der Waals surface area contributed by atoms with Gasteiger partial charge in [-0.3, -0.25) is 9.36 Å². The highest BCUT2D eigenvalue weighted by Gasteiger charge is 2.23. The van der Waals surface area contributed by atoms with E-state index in [1.54, 1.807) is 12.5 Å². The van der Waals surface area contributed by atoms with Crippen LogP contribution in [0.1, 0.15) is 54.8 Å². The van der Waals surface area contributed by atoms with Gasteiger partial charge < -0.3 is 4.90 Å². The van der Waals surface area contributed by atoms with Gasteiger partial charge in [0.25, 0.3) is 5.56 Å². The molecule has 0 unspecified atom stereocenters. The second kappa shape index (κ2) is 7.88. The molecule has 3 aromatic rings. The minimum Gasteiger partial charge on any atom is -0.369 e. The number of pyridine rings is 1. The normalized spacial score (nSPS) is 16.8. The summed E-state index contributed by atoms with van der Waals surface area (Å²) in [5.74, 6) is 0. The van der Waals surface area contributed by atoms with E-state index in [0.29, 0.717) is 17.0 Å². The van der Waals surface area contributed by atoms with Gasteiger partial charge in [-0.25, -0.2) is 9.97 Å². The molecule has 1 saturated carbocycles. The smallest absolute Gasteiger partial charge is 0.261 e. The number of hydrogen-bond donors (Lipinski definition) is 0. The number of benzene rings is 1. The Morgan fingerprint density at radius 3 is 2.77 bits per heavy atom. The zero-order valence-corrected chi connectivity index (χ0v) is 17.9. The van der Waals surface area contributed by atoms with Gasteiger partial charge in [0.1, 0.15) is 10.7 Å². The molecule has 0 atom stereocenters. The van der Waals surface area contributed by atoms with Crippen LogP contribution in [-0.4, -0.2) is 28.1 Å². The lowest BCUT2D eigenvalue weighted by Gasteiger charge is -2.28. The molecule has 0 saturated heterocycles. The van der Waals surface area contributed by atoms with Gasteiger partial charge in [-0.05, 0) is 42.5 Å². The van der Waals surface area contributed by atoms with E-state index >= 15 is 0 Å². The van der Waals surface area contributed by atoms with Crippen LogP contribution < -0.4 is 10.5 Å². The fourth-order valence-electron chi connectivity index (χ4n) is 4.82. The largest absolute Gasteiger partial charge is 0.369 e. The second-order valence-corrected chi connectivity index (χ2v) is 8.78. The molecule has 3 heterocycles. The Morgan fingerprint density at radius 1 is 1.17 bits per heavy atom. The molecule has 2 aromatic heterocycles. The highest BCUT2D eigenvalue weighted by molar-refractivity contribution is 6.29. The van der Waals surface area contributed by atoms with Crippen molar-refractivity contribution in [2.24, 2.45) is 0 Å². The molecule has 0 spiro atoms. The first-order valence-corrected chi connectivity index (χ1v) is 11.0. The summed E-state index contributed by atoms with van der Waals surface area (Å²) in [5.41, 5.74) is 5.23. The Labute approximate surface area is 181 Å². The Hall–Kier alpha value is -2.66. The summed E-state index contributed by atoms with van der Waals surface area (Å²) in [6.07, 6.45) is 14.3. The molecule has 0 amide bonds. The number of rotatable bonds is 3. The Kier molecular flexibility index (Phi) is 5.07. The van der Waals surface area contributed by atoms with E-state index in [1.165, 1.54) is 19.3 Å². The molecule has 1 fully saturated rings. The van der Waals surface area contributed by atoms with Crippen LogP contribution in [0.15, 0.2) is 41.6 Å². The van der Waals surface area contributed by atoms with Crippen molar-refractivity contribution in [1.82, 2.24) is 14.5 Å². The topological polar surface area (TPSA) is 51.0 Å². The molecule has 0 bridgehead atoms. The Morgan fingerprint density at radius 2 is 2.00 bits per heavy atom. The third-order valence-corrected chi connectivity index (χ3v) is 6.60. The minimum atomic E-state index is 0.0770. The summed E-state index contributed by atoms with van der Waals surface area (Å²) < 4.78 is 1.88. The van der Waals surface area contributed by atoms with Crippen LogP contribution in [0.2, 0.25) is 5.15 Å². The molecule has 5 nitrogen and oxygen atoms in total. The molecule has 0 radical (unpaired) electrons. The molecule has 5 rings (SSSR count). The second-order valence-electron chi connectivity index (χ2n) is 8.39. The van der Waals surface area contributed by atoms with Crippen LogP contribution in [0.25, 0.3) is 17.0 Å². The lowest BCUT2D eigenvalue weighted by molar-refractivity contribution is 0.345. The first-order chi connectivity index (χ1) is 14.6. The van der Waals surface area contributed by atoms with Crippen molar-refractivity contribution in [2.45, 2.75) is 44.6 Å². The summed E-state index contributed by atoms with van der Waals surface area (Å²) in [5, 5.41) is 1.19. The zero-order chi connectivity index (χ0) is 20.7. The van der Waals surface area contributed by atoms with E-state index in [4.69, 9.17) is 16.6 Å². The van der Waals surface area contributed by atoms with Crippen molar-refractivity contribution >= 4 is 34.3 Å². The van der Waals surface area contributed by atoms with E-state index in [2.05, 4.69) is 29.1 Å². The van der Waals surface area contributed by atoms with Crippen LogP contribution in [0, 0.1) is 0 Å². The van der Waals surface area contributed by atoms with E-state index < -0.39 is 0 Å². The molecule has 30 heavy (non-hydrogen) atoms. The maximum atomic E-state index is 13.5. The van der Waals surface area contributed by atoms with Gasteiger partial charge in [-0.1, -0.05) is 49.1 Å². The number of nitrogens with zero attached hydrogens (tertiary/aromatic N) is 4. The van der Waals surface area contributed by atoms with E-state index in [1.807, 2.05) is 22.8 Å². The maximum Gasteiger partial charge on any atom is 0.261 e. The molecule has 1 aromatic carbocycles. The molecule has 154 valence electrons. The first kappa shape index (κ1) is 19.3. The van der Waals surface area contributed by atoms with Crippen LogP contribution >= 0.6 is 11.6 Å². The van der Waals surface area contributed by atoms with Crippen LogP contribution in [-0.2, 0) is 6.42 Å². The van der Waals surface area contributed by atoms with E-state index in [9.17, 15) is 4.79 Å². The Bertz CT molecular complexity index is 1180. The number of halogens is 1. The third-order valence-electron chi connectivity index (χ3n) is 6.37. The van der Waals surface area contributed by atoms with Gasteiger partial charge in [0, 0.05) is 31.4 Å². The number of fused-ring (bicyclic) bond motifs is 3. The SMILES string of the molecule is CN1CC=Cc2c(Cc3ccc(Cl)nc3)cc3c(=O)n(C4CCCCC4)cnc3c21. The standard InChI is InChI=1S/C24H25ClN4O/c1-28-11-5-8-19-17(12-16-9-10-21(25)26-14-16)13-20-22(23(19)28)27-15-29(24(20)30)18-6-3-2-4-7-18/h5,8-10,13-15,18H,2-4,6-7,11-12H2,1H3. The highest BCUT2D eigenvalue weighted by atomic mass is 35.5. The molecule has 2 aliphatic rings. The van der Waals surface area contributed by atoms with Crippen molar-refractivity contribution in [3.05, 3.63) is 69.0 Å². The molecule has 6 heteroatoms. The van der Waals surface area contributed by atoms with E-state index in [0.717, 1.165) is 47.3 Å². The molecule has 1 aliphatic heterocycles. The molecule has 0 N–H and O–H groups in total. The predicted molar refractivity (Wildman–Crippen MR) is 122 cm³/mol. The summed E-state index contributed by atoms with van der Waals surface area (Å²) in [6, 6.07) is 6.11. The van der Waals surface area contributed by atoms with Gasteiger partial charge in [-0.2, -0.15) is 0 Å². The summed E-state index contributed by atoms with van der Waals surface area (Å²) in [6.45, 7) is 0.807. The zero-order valence-electron chi connectivity index (χ0n) is 17.1. The monoisotopic (exact) mass is 420 g/mol. The van der Waals surface area contributed by atoms with Crippen molar-refractivity contribution < 1.29 is 0 Å². The van der Waals surface area contributed by atoms with Crippen LogP contribution in [0.4, 0.5) is 5.69 Å². The van der Waals surface area contributed by atoms with Gasteiger partial charge in [0.2, 0.25) is 0 Å². The predicted octanol–water partition coefficient (Wildman–Crippen LogP) is 5.00. The lowest BCUT2D eigenvalue weighted by Crippen LogP contribution is -2.28. The highest BCUT2D eigenvalue weighted by Crippen LogP contribution is 2.36.